The molecule has 0 aromatic heterocycles. The summed E-state index contributed by atoms with van der Waals surface area (Å²) >= 11 is 0. The van der Waals surface area contributed by atoms with Gasteiger partial charge in [0, 0.05) is 6.54 Å². The second kappa shape index (κ2) is 5.63. The highest BCUT2D eigenvalue weighted by Crippen LogP contribution is 2.24. The molecule has 0 spiro atoms. The molecule has 5 heteroatoms. The molecule has 2 N–H and O–H groups in total. The fraction of sp³-hybridized carbons (Fsp3) is 0.467. The van der Waals surface area contributed by atoms with Gasteiger partial charge in [0.15, 0.2) is 0 Å². The van der Waals surface area contributed by atoms with Gasteiger partial charge in [0.2, 0.25) is 0 Å². The van der Waals surface area contributed by atoms with Crippen molar-refractivity contribution in [2.24, 2.45) is 5.92 Å². The molecule has 0 saturated carbocycles. The zero-order chi connectivity index (χ0) is 13.9. The molecule has 3 rings (SSSR count). The zero-order valence-corrected chi connectivity index (χ0v) is 11.3. The minimum Gasteiger partial charge on any atom is -0.322 e. The van der Waals surface area contributed by atoms with Gasteiger partial charge in [0.05, 0.1) is 0 Å². The summed E-state index contributed by atoms with van der Waals surface area (Å²) in [5.41, 5.74) is 0.846. The molecule has 2 saturated heterocycles. The van der Waals surface area contributed by atoms with Crippen LogP contribution in [-0.2, 0) is 4.79 Å². The summed E-state index contributed by atoms with van der Waals surface area (Å²) in [5, 5.41) is 6.07. The van der Waals surface area contributed by atoms with Gasteiger partial charge in [-0.05, 0) is 37.4 Å². The van der Waals surface area contributed by atoms with E-state index in [9.17, 15) is 9.59 Å². The SMILES string of the molecule is O=C1NC(c2ccccc2)C(=O)N1CC1CCNCC1. The Labute approximate surface area is 118 Å². The molecule has 0 aliphatic carbocycles. The van der Waals surface area contributed by atoms with Crippen LogP contribution in [0.1, 0.15) is 24.4 Å². The number of hydrogen-bond donors (Lipinski definition) is 2. The third-order valence-electron chi connectivity index (χ3n) is 4.06. The maximum Gasteiger partial charge on any atom is 0.325 e. The second-order valence-electron chi connectivity index (χ2n) is 5.44. The summed E-state index contributed by atoms with van der Waals surface area (Å²) in [6.45, 7) is 2.47. The highest BCUT2D eigenvalue weighted by molar-refractivity contribution is 6.04. The average molecular weight is 273 g/mol. The van der Waals surface area contributed by atoms with E-state index in [-0.39, 0.29) is 11.9 Å². The van der Waals surface area contributed by atoms with Crippen molar-refractivity contribution in [3.05, 3.63) is 35.9 Å². The van der Waals surface area contributed by atoms with Crippen LogP contribution >= 0.6 is 0 Å². The number of hydrogen-bond acceptors (Lipinski definition) is 3. The standard InChI is InChI=1S/C15H19N3O2/c19-14-13(12-4-2-1-3-5-12)17-15(20)18(14)10-11-6-8-16-9-7-11/h1-5,11,13,16H,6-10H2,(H,17,20). The molecular formula is C15H19N3O2. The topological polar surface area (TPSA) is 61.4 Å². The molecule has 2 heterocycles. The van der Waals surface area contributed by atoms with E-state index in [2.05, 4.69) is 10.6 Å². The first kappa shape index (κ1) is 13.1. The monoisotopic (exact) mass is 273 g/mol. The minimum absolute atomic E-state index is 0.125. The predicted molar refractivity (Wildman–Crippen MR) is 75.0 cm³/mol. The van der Waals surface area contributed by atoms with Gasteiger partial charge in [0.25, 0.3) is 5.91 Å². The maximum atomic E-state index is 12.4. The van der Waals surface area contributed by atoms with Gasteiger partial charge in [-0.3, -0.25) is 9.69 Å². The number of imide groups is 1. The molecule has 5 nitrogen and oxygen atoms in total. The normalized spacial score (nSPS) is 24.0. The van der Waals surface area contributed by atoms with Crippen molar-refractivity contribution in [3.8, 4) is 0 Å². The van der Waals surface area contributed by atoms with Crippen LogP contribution in [0.5, 0.6) is 0 Å². The number of nitrogens with zero attached hydrogens (tertiary/aromatic N) is 1. The number of piperidine rings is 1. The Bertz CT molecular complexity index is 497. The van der Waals surface area contributed by atoms with Crippen molar-refractivity contribution in [2.75, 3.05) is 19.6 Å². The minimum atomic E-state index is -0.523. The average Bonchev–Trinajstić information content (AvgIpc) is 2.77. The molecule has 2 fully saturated rings. The summed E-state index contributed by atoms with van der Waals surface area (Å²) in [5.74, 6) is 0.292. The van der Waals surface area contributed by atoms with E-state index in [1.807, 2.05) is 30.3 Å². The third-order valence-corrected chi connectivity index (χ3v) is 4.06. The van der Waals surface area contributed by atoms with Crippen LogP contribution in [-0.4, -0.2) is 36.5 Å². The van der Waals surface area contributed by atoms with E-state index < -0.39 is 6.04 Å². The maximum absolute atomic E-state index is 12.4. The Hall–Kier alpha value is -1.88. The van der Waals surface area contributed by atoms with Gasteiger partial charge in [-0.1, -0.05) is 30.3 Å². The fourth-order valence-corrected chi connectivity index (χ4v) is 2.89. The van der Waals surface area contributed by atoms with Crippen LogP contribution in [0.25, 0.3) is 0 Å². The predicted octanol–water partition coefficient (Wildman–Crippen LogP) is 1.28. The number of urea groups is 1. The van der Waals surface area contributed by atoms with Crippen LogP contribution in [0.2, 0.25) is 0 Å². The molecule has 3 amide bonds. The van der Waals surface area contributed by atoms with Crippen LogP contribution in [0.4, 0.5) is 4.79 Å². The molecule has 1 aromatic rings. The summed E-state index contributed by atoms with van der Waals surface area (Å²) < 4.78 is 0. The lowest BCUT2D eigenvalue weighted by molar-refractivity contribution is -0.128. The largest absolute Gasteiger partial charge is 0.325 e. The van der Waals surface area contributed by atoms with Crippen molar-refractivity contribution in [2.45, 2.75) is 18.9 Å². The van der Waals surface area contributed by atoms with E-state index in [0.717, 1.165) is 31.5 Å². The van der Waals surface area contributed by atoms with Crippen LogP contribution in [0, 0.1) is 5.92 Å². The van der Waals surface area contributed by atoms with Crippen molar-refractivity contribution < 1.29 is 9.59 Å². The molecule has 2 aliphatic heterocycles. The molecule has 20 heavy (non-hydrogen) atoms. The Kier molecular flexibility index (Phi) is 3.69. The van der Waals surface area contributed by atoms with E-state index in [1.54, 1.807) is 0 Å². The summed E-state index contributed by atoms with van der Waals surface area (Å²) in [6.07, 6.45) is 2.04. The molecule has 1 aromatic carbocycles. The zero-order valence-electron chi connectivity index (χ0n) is 11.3. The lowest BCUT2D eigenvalue weighted by Crippen LogP contribution is -2.39. The third kappa shape index (κ3) is 2.54. The smallest absolute Gasteiger partial charge is 0.322 e. The lowest BCUT2D eigenvalue weighted by Gasteiger charge is -2.25. The van der Waals surface area contributed by atoms with E-state index in [1.165, 1.54) is 4.90 Å². The van der Waals surface area contributed by atoms with Crippen molar-refractivity contribution in [3.63, 3.8) is 0 Å². The molecule has 2 aliphatic rings. The van der Waals surface area contributed by atoms with Crippen molar-refractivity contribution >= 4 is 11.9 Å². The number of carbonyl (C=O) groups excluding carboxylic acids is 2. The van der Waals surface area contributed by atoms with Gasteiger partial charge in [-0.25, -0.2) is 4.79 Å². The van der Waals surface area contributed by atoms with Crippen molar-refractivity contribution in [1.29, 1.82) is 0 Å². The molecule has 1 unspecified atom stereocenters. The van der Waals surface area contributed by atoms with Crippen LogP contribution in [0.15, 0.2) is 30.3 Å². The first-order valence-electron chi connectivity index (χ1n) is 7.13. The Balaban J connectivity index is 1.70. The van der Waals surface area contributed by atoms with Crippen molar-refractivity contribution in [1.82, 2.24) is 15.5 Å². The van der Waals surface area contributed by atoms with Gasteiger partial charge < -0.3 is 10.6 Å². The fourth-order valence-electron chi connectivity index (χ4n) is 2.89. The number of carbonyl (C=O) groups is 2. The number of benzene rings is 1. The highest BCUT2D eigenvalue weighted by atomic mass is 16.2. The summed E-state index contributed by atoms with van der Waals surface area (Å²) in [6, 6.07) is 8.62. The highest BCUT2D eigenvalue weighted by Gasteiger charge is 2.39. The van der Waals surface area contributed by atoms with Crippen LogP contribution < -0.4 is 10.6 Å². The Morgan fingerprint density at radius 3 is 2.50 bits per heavy atom. The van der Waals surface area contributed by atoms with E-state index in [4.69, 9.17) is 0 Å². The molecule has 1 atom stereocenters. The molecule has 0 bridgehead atoms. The van der Waals surface area contributed by atoms with E-state index >= 15 is 0 Å². The second-order valence-corrected chi connectivity index (χ2v) is 5.44. The van der Waals surface area contributed by atoms with Gasteiger partial charge >= 0.3 is 6.03 Å². The molecule has 106 valence electrons. The molecular weight excluding hydrogens is 254 g/mol. The first-order chi connectivity index (χ1) is 9.75. The Morgan fingerprint density at radius 2 is 1.80 bits per heavy atom. The quantitative estimate of drug-likeness (QED) is 0.816. The van der Waals surface area contributed by atoms with Gasteiger partial charge in [0.1, 0.15) is 6.04 Å². The van der Waals surface area contributed by atoms with E-state index in [0.29, 0.717) is 12.5 Å². The molecule has 0 radical (unpaired) electrons. The number of nitrogens with one attached hydrogen (secondary N) is 2. The lowest BCUT2D eigenvalue weighted by atomic mass is 9.97. The van der Waals surface area contributed by atoms with Crippen LogP contribution in [0.3, 0.4) is 0 Å². The summed E-state index contributed by atoms with van der Waals surface area (Å²) in [4.78, 5) is 25.8. The number of rotatable bonds is 3. The number of amides is 3. The Morgan fingerprint density at radius 1 is 1.10 bits per heavy atom. The van der Waals surface area contributed by atoms with Gasteiger partial charge in [-0.15, -0.1) is 0 Å². The summed E-state index contributed by atoms with van der Waals surface area (Å²) in [7, 11) is 0. The van der Waals surface area contributed by atoms with Gasteiger partial charge in [-0.2, -0.15) is 0 Å². The first-order valence-corrected chi connectivity index (χ1v) is 7.13.